The molecule has 6 nitrogen and oxygen atoms in total. The highest BCUT2D eigenvalue weighted by atomic mass is 32.2. The summed E-state index contributed by atoms with van der Waals surface area (Å²) in [6, 6.07) is 14.9. The lowest BCUT2D eigenvalue weighted by atomic mass is 10.2. The molecule has 8 heteroatoms. The van der Waals surface area contributed by atoms with Crippen LogP contribution in [0, 0.1) is 0 Å². The zero-order chi connectivity index (χ0) is 19.1. The van der Waals surface area contributed by atoms with Gasteiger partial charge in [-0.3, -0.25) is 4.79 Å². The summed E-state index contributed by atoms with van der Waals surface area (Å²) in [6.07, 6.45) is 1.60. The summed E-state index contributed by atoms with van der Waals surface area (Å²) in [6.45, 7) is 0.801. The monoisotopic (exact) mass is 402 g/mol. The third-order valence-corrected chi connectivity index (χ3v) is 4.95. The maximum atomic E-state index is 11.6. The third-order valence-electron chi connectivity index (χ3n) is 3.61. The minimum atomic E-state index is -0.101. The SMILES string of the molecule is COc1ccccc1OCCOc1ccc(C=NN2C(=O)CSC2=S)cc1. The van der Waals surface area contributed by atoms with E-state index in [0.29, 0.717) is 34.8 Å². The molecule has 0 saturated carbocycles. The van der Waals surface area contributed by atoms with E-state index >= 15 is 0 Å². The first-order valence-electron chi connectivity index (χ1n) is 8.20. The standard InChI is InChI=1S/C19H18N2O4S2/c1-23-16-4-2-3-5-17(16)25-11-10-24-15-8-6-14(7-9-15)12-20-21-18(22)13-27-19(21)26/h2-9,12H,10-11,13H2,1H3. The molecule has 1 saturated heterocycles. The number of para-hydroxylation sites is 2. The zero-order valence-corrected chi connectivity index (χ0v) is 16.3. The number of rotatable bonds is 8. The van der Waals surface area contributed by atoms with Gasteiger partial charge in [-0.05, 0) is 42.0 Å². The van der Waals surface area contributed by atoms with Gasteiger partial charge < -0.3 is 14.2 Å². The van der Waals surface area contributed by atoms with E-state index in [1.807, 2.05) is 48.5 Å². The smallest absolute Gasteiger partial charge is 0.259 e. The Morgan fingerprint density at radius 3 is 2.48 bits per heavy atom. The summed E-state index contributed by atoms with van der Waals surface area (Å²) >= 11 is 6.40. The fourth-order valence-electron chi connectivity index (χ4n) is 2.28. The summed E-state index contributed by atoms with van der Waals surface area (Å²) in [7, 11) is 1.61. The molecule has 0 atom stereocenters. The molecule has 27 heavy (non-hydrogen) atoms. The van der Waals surface area contributed by atoms with Crippen molar-refractivity contribution in [3.05, 3.63) is 54.1 Å². The fourth-order valence-corrected chi connectivity index (χ4v) is 3.25. The van der Waals surface area contributed by atoms with Crippen LogP contribution in [0.25, 0.3) is 0 Å². The van der Waals surface area contributed by atoms with Crippen molar-refractivity contribution in [2.45, 2.75) is 0 Å². The molecule has 2 aromatic carbocycles. The molecular formula is C19H18N2O4S2. The number of hydrogen-bond acceptors (Lipinski definition) is 7. The molecule has 0 bridgehead atoms. The van der Waals surface area contributed by atoms with Gasteiger partial charge in [0.2, 0.25) is 0 Å². The van der Waals surface area contributed by atoms with Crippen molar-refractivity contribution in [1.29, 1.82) is 0 Å². The van der Waals surface area contributed by atoms with Crippen molar-refractivity contribution in [3.63, 3.8) is 0 Å². The third kappa shape index (κ3) is 5.21. The van der Waals surface area contributed by atoms with E-state index in [1.165, 1.54) is 16.8 Å². The molecule has 140 valence electrons. The molecule has 0 N–H and O–H groups in total. The van der Waals surface area contributed by atoms with Gasteiger partial charge in [0.15, 0.2) is 15.8 Å². The van der Waals surface area contributed by atoms with E-state index in [1.54, 1.807) is 13.3 Å². The Balaban J connectivity index is 1.46. The second kappa shape index (κ2) is 9.38. The van der Waals surface area contributed by atoms with Crippen LogP contribution in [-0.4, -0.2) is 47.5 Å². The second-order valence-corrected chi connectivity index (χ2v) is 7.03. The molecule has 1 fully saturated rings. The summed E-state index contributed by atoms with van der Waals surface area (Å²) in [5.41, 5.74) is 0.847. The number of hydrogen-bond donors (Lipinski definition) is 0. The van der Waals surface area contributed by atoms with Crippen molar-refractivity contribution in [2.24, 2.45) is 5.10 Å². The van der Waals surface area contributed by atoms with Crippen molar-refractivity contribution in [2.75, 3.05) is 26.1 Å². The van der Waals surface area contributed by atoms with E-state index in [-0.39, 0.29) is 5.91 Å². The number of methoxy groups -OCH3 is 1. The van der Waals surface area contributed by atoms with E-state index in [0.717, 1.165) is 11.3 Å². The second-order valence-electron chi connectivity index (χ2n) is 5.42. The van der Waals surface area contributed by atoms with Crippen molar-refractivity contribution >= 4 is 40.4 Å². The van der Waals surface area contributed by atoms with Gasteiger partial charge in [-0.15, -0.1) is 0 Å². The first-order chi connectivity index (χ1) is 13.2. The van der Waals surface area contributed by atoms with E-state index in [4.69, 9.17) is 26.4 Å². The topological polar surface area (TPSA) is 60.4 Å². The predicted molar refractivity (Wildman–Crippen MR) is 110 cm³/mol. The molecule has 1 aliphatic heterocycles. The summed E-state index contributed by atoms with van der Waals surface area (Å²) in [5, 5.41) is 5.38. The lowest BCUT2D eigenvalue weighted by molar-refractivity contribution is -0.123. The highest BCUT2D eigenvalue weighted by molar-refractivity contribution is 8.23. The zero-order valence-electron chi connectivity index (χ0n) is 14.7. The summed E-state index contributed by atoms with van der Waals surface area (Å²) in [4.78, 5) is 11.6. The van der Waals surface area contributed by atoms with Crippen LogP contribution in [0.3, 0.4) is 0 Å². The predicted octanol–water partition coefficient (Wildman–Crippen LogP) is 3.35. The van der Waals surface area contributed by atoms with Gasteiger partial charge in [0.25, 0.3) is 5.91 Å². The van der Waals surface area contributed by atoms with Crippen LogP contribution in [-0.2, 0) is 4.79 Å². The molecule has 0 aliphatic carbocycles. The molecule has 3 rings (SSSR count). The molecule has 2 aromatic rings. The Morgan fingerprint density at radius 1 is 1.11 bits per heavy atom. The minimum Gasteiger partial charge on any atom is -0.493 e. The van der Waals surface area contributed by atoms with Gasteiger partial charge in [-0.2, -0.15) is 10.1 Å². The van der Waals surface area contributed by atoms with Crippen LogP contribution in [0.5, 0.6) is 17.2 Å². The van der Waals surface area contributed by atoms with Gasteiger partial charge in [0.05, 0.1) is 19.1 Å². The van der Waals surface area contributed by atoms with Crippen molar-refractivity contribution < 1.29 is 19.0 Å². The molecular weight excluding hydrogens is 384 g/mol. The van der Waals surface area contributed by atoms with Gasteiger partial charge in [0, 0.05) is 0 Å². The Kier molecular flexibility index (Phi) is 6.67. The highest BCUT2D eigenvalue weighted by Crippen LogP contribution is 2.25. The number of carbonyl (C=O) groups is 1. The van der Waals surface area contributed by atoms with Gasteiger partial charge in [-0.25, -0.2) is 0 Å². The highest BCUT2D eigenvalue weighted by Gasteiger charge is 2.25. The number of benzene rings is 2. The molecule has 0 spiro atoms. The maximum Gasteiger partial charge on any atom is 0.259 e. The van der Waals surface area contributed by atoms with Crippen LogP contribution in [0.4, 0.5) is 0 Å². The fraction of sp³-hybridized carbons (Fsp3) is 0.211. The number of hydrazone groups is 1. The largest absolute Gasteiger partial charge is 0.493 e. The lowest BCUT2D eigenvalue weighted by Gasteiger charge is -2.11. The number of carbonyl (C=O) groups excluding carboxylic acids is 1. The number of amides is 1. The van der Waals surface area contributed by atoms with Crippen LogP contribution in [0.1, 0.15) is 5.56 Å². The first kappa shape index (κ1) is 19.2. The molecule has 1 amide bonds. The molecule has 0 unspecified atom stereocenters. The maximum absolute atomic E-state index is 11.6. The van der Waals surface area contributed by atoms with Crippen LogP contribution in [0.15, 0.2) is 53.6 Å². The van der Waals surface area contributed by atoms with Crippen molar-refractivity contribution in [1.82, 2.24) is 5.01 Å². The Morgan fingerprint density at radius 2 is 1.81 bits per heavy atom. The minimum absolute atomic E-state index is 0.101. The van der Waals surface area contributed by atoms with E-state index in [2.05, 4.69) is 5.10 Å². The average molecular weight is 402 g/mol. The first-order valence-corrected chi connectivity index (χ1v) is 9.59. The van der Waals surface area contributed by atoms with Crippen LogP contribution < -0.4 is 14.2 Å². The molecule has 1 heterocycles. The summed E-state index contributed by atoms with van der Waals surface area (Å²) < 4.78 is 17.0. The van der Waals surface area contributed by atoms with Crippen LogP contribution in [0.2, 0.25) is 0 Å². The van der Waals surface area contributed by atoms with Gasteiger partial charge in [-0.1, -0.05) is 36.1 Å². The number of nitrogens with zero attached hydrogens (tertiary/aromatic N) is 2. The Hall–Kier alpha value is -2.58. The van der Waals surface area contributed by atoms with E-state index in [9.17, 15) is 4.79 Å². The average Bonchev–Trinajstić information content (AvgIpc) is 3.02. The van der Waals surface area contributed by atoms with E-state index < -0.39 is 0 Å². The van der Waals surface area contributed by atoms with Gasteiger partial charge >= 0.3 is 0 Å². The van der Waals surface area contributed by atoms with Crippen molar-refractivity contribution in [3.8, 4) is 17.2 Å². The molecule has 1 aliphatic rings. The number of thioether (sulfide) groups is 1. The molecule has 0 radical (unpaired) electrons. The Bertz CT molecular complexity index is 824. The number of ether oxygens (including phenoxy) is 3. The summed E-state index contributed by atoms with van der Waals surface area (Å²) in [5.74, 6) is 2.34. The quantitative estimate of drug-likeness (QED) is 0.383. The Labute approximate surface area is 167 Å². The molecule has 0 aromatic heterocycles. The normalized spacial score (nSPS) is 14.0. The van der Waals surface area contributed by atoms with Gasteiger partial charge in [0.1, 0.15) is 19.0 Å². The number of thiocarbonyl (C=S) groups is 1. The lowest BCUT2D eigenvalue weighted by Crippen LogP contribution is -2.22. The van der Waals surface area contributed by atoms with Crippen LogP contribution >= 0.6 is 24.0 Å².